The van der Waals surface area contributed by atoms with E-state index in [0.717, 1.165) is 18.9 Å². The van der Waals surface area contributed by atoms with Gasteiger partial charge in [0.1, 0.15) is 5.54 Å². The van der Waals surface area contributed by atoms with Crippen molar-refractivity contribution in [2.75, 3.05) is 12.8 Å². The van der Waals surface area contributed by atoms with E-state index in [2.05, 4.69) is 11.4 Å². The van der Waals surface area contributed by atoms with Crippen LogP contribution < -0.4 is 5.32 Å². The minimum atomic E-state index is -0.849. The molecule has 0 spiro atoms. The van der Waals surface area contributed by atoms with Crippen LogP contribution in [0.15, 0.2) is 23.1 Å². The summed E-state index contributed by atoms with van der Waals surface area (Å²) in [6.07, 6.45) is 2.10. The normalized spacial score (nSPS) is 18.1. The first-order chi connectivity index (χ1) is 8.61. The fourth-order valence-electron chi connectivity index (χ4n) is 1.91. The van der Waals surface area contributed by atoms with E-state index >= 15 is 0 Å². The zero-order chi connectivity index (χ0) is 13.2. The Bertz CT molecular complexity index is 482. The zero-order valence-electron chi connectivity index (χ0n) is 10.0. The molecule has 0 radical (unpaired) electrons. The summed E-state index contributed by atoms with van der Waals surface area (Å²) in [6.45, 7) is 0. The lowest BCUT2D eigenvalue weighted by Gasteiger charge is -2.25. The quantitative estimate of drug-likeness (QED) is 0.834. The highest BCUT2D eigenvalue weighted by Gasteiger charge is 2.44. The molecule has 1 unspecified atom stereocenters. The third-order valence-corrected chi connectivity index (χ3v) is 4.46. The van der Waals surface area contributed by atoms with Crippen molar-refractivity contribution in [3.63, 3.8) is 0 Å². The number of hydrogen-bond acceptors (Lipinski definition) is 3. The van der Waals surface area contributed by atoms with E-state index in [1.165, 1.54) is 23.9 Å². The van der Waals surface area contributed by atoms with Crippen LogP contribution in [0.2, 0.25) is 0 Å². The van der Waals surface area contributed by atoms with Crippen LogP contribution >= 0.6 is 11.8 Å². The largest absolute Gasteiger partial charge is 0.302 e. The van der Waals surface area contributed by atoms with Crippen molar-refractivity contribution in [2.24, 2.45) is 5.92 Å². The topological polar surface area (TPSA) is 35.8 Å². The number of nitrogens with zero attached hydrogens (tertiary/aromatic N) is 1. The summed E-state index contributed by atoms with van der Waals surface area (Å²) in [6, 6.07) is 6.14. The predicted octanol–water partition coefficient (Wildman–Crippen LogP) is 2.95. The van der Waals surface area contributed by atoms with E-state index in [1.807, 2.05) is 0 Å². The predicted molar refractivity (Wildman–Crippen MR) is 67.2 cm³/mol. The monoisotopic (exact) mass is 268 g/mol. The maximum absolute atomic E-state index is 13.1. The smallest absolute Gasteiger partial charge is 0.159 e. The van der Waals surface area contributed by atoms with E-state index in [4.69, 9.17) is 0 Å². The number of rotatable bonds is 5. The number of nitriles is 1. The second kappa shape index (κ2) is 5.25. The molecular formula is C13H14F2N2S. The number of benzene rings is 1. The lowest BCUT2D eigenvalue weighted by Crippen LogP contribution is -2.46. The molecule has 0 amide bonds. The van der Waals surface area contributed by atoms with Crippen molar-refractivity contribution in [3.05, 3.63) is 29.8 Å². The van der Waals surface area contributed by atoms with Crippen molar-refractivity contribution in [2.45, 2.75) is 23.3 Å². The van der Waals surface area contributed by atoms with Gasteiger partial charge in [-0.1, -0.05) is 0 Å². The fourth-order valence-corrected chi connectivity index (χ4v) is 3.10. The Morgan fingerprint density at radius 1 is 1.44 bits per heavy atom. The van der Waals surface area contributed by atoms with Gasteiger partial charge in [0.05, 0.1) is 6.07 Å². The standard InChI is InChI=1S/C13H14F2N2S/c1-17-13(7-16,9-2-3-9)8-18-10-4-5-11(14)12(15)6-10/h4-6,9,17H,2-3,8H2,1H3. The molecule has 0 bridgehead atoms. The zero-order valence-corrected chi connectivity index (χ0v) is 10.9. The first-order valence-electron chi connectivity index (χ1n) is 5.79. The summed E-state index contributed by atoms with van der Waals surface area (Å²) in [5.41, 5.74) is -0.560. The van der Waals surface area contributed by atoms with Gasteiger partial charge in [-0.05, 0) is 44.0 Å². The average Bonchev–Trinajstić information content (AvgIpc) is 3.20. The third-order valence-electron chi connectivity index (χ3n) is 3.28. The van der Waals surface area contributed by atoms with Crippen LogP contribution in [0.1, 0.15) is 12.8 Å². The highest BCUT2D eigenvalue weighted by Crippen LogP contribution is 2.41. The molecule has 1 N–H and O–H groups in total. The SMILES string of the molecule is CNC(C#N)(CSc1ccc(F)c(F)c1)C1CC1. The molecule has 0 saturated heterocycles. The molecular weight excluding hydrogens is 254 g/mol. The summed E-state index contributed by atoms with van der Waals surface area (Å²) in [4.78, 5) is 0.643. The molecule has 1 fully saturated rings. The summed E-state index contributed by atoms with van der Waals surface area (Å²) in [5.74, 6) is -0.791. The van der Waals surface area contributed by atoms with Gasteiger partial charge in [-0.15, -0.1) is 11.8 Å². The first-order valence-corrected chi connectivity index (χ1v) is 6.78. The van der Waals surface area contributed by atoms with Gasteiger partial charge < -0.3 is 5.32 Å². The Morgan fingerprint density at radius 2 is 2.17 bits per heavy atom. The molecule has 1 aliphatic carbocycles. The second-order valence-corrected chi connectivity index (χ2v) is 5.52. The molecule has 96 valence electrons. The van der Waals surface area contributed by atoms with Gasteiger partial charge in [-0.25, -0.2) is 8.78 Å². The van der Waals surface area contributed by atoms with Crippen LogP contribution in [0.25, 0.3) is 0 Å². The van der Waals surface area contributed by atoms with Gasteiger partial charge in [-0.2, -0.15) is 5.26 Å². The lowest BCUT2D eigenvalue weighted by molar-refractivity contribution is 0.441. The molecule has 1 aromatic rings. The number of hydrogen-bond donors (Lipinski definition) is 1. The maximum atomic E-state index is 13.1. The summed E-state index contributed by atoms with van der Waals surface area (Å²) < 4.78 is 25.9. The Morgan fingerprint density at radius 3 is 2.67 bits per heavy atom. The van der Waals surface area contributed by atoms with Crippen LogP contribution in [0.5, 0.6) is 0 Å². The molecule has 1 atom stereocenters. The van der Waals surface area contributed by atoms with Crippen LogP contribution in [0.3, 0.4) is 0 Å². The molecule has 0 aromatic heterocycles. The second-order valence-electron chi connectivity index (χ2n) is 4.47. The number of nitrogens with one attached hydrogen (secondary N) is 1. The van der Waals surface area contributed by atoms with Crippen molar-refractivity contribution in [1.29, 1.82) is 5.26 Å². The maximum Gasteiger partial charge on any atom is 0.159 e. The van der Waals surface area contributed by atoms with Crippen LogP contribution in [-0.2, 0) is 0 Å². The van der Waals surface area contributed by atoms with Crippen molar-refractivity contribution >= 4 is 11.8 Å². The fraction of sp³-hybridized carbons (Fsp3) is 0.462. The number of halogens is 2. The summed E-state index contributed by atoms with van der Waals surface area (Å²) >= 11 is 1.38. The van der Waals surface area contributed by atoms with Gasteiger partial charge in [-0.3, -0.25) is 0 Å². The Labute approximate surface area is 109 Å². The van der Waals surface area contributed by atoms with E-state index in [0.29, 0.717) is 16.6 Å². The average molecular weight is 268 g/mol. The first kappa shape index (κ1) is 13.3. The van der Waals surface area contributed by atoms with E-state index in [9.17, 15) is 14.0 Å². The van der Waals surface area contributed by atoms with Gasteiger partial charge in [0, 0.05) is 10.6 Å². The molecule has 1 aromatic carbocycles. The van der Waals surface area contributed by atoms with Crippen LogP contribution in [-0.4, -0.2) is 18.3 Å². The highest BCUT2D eigenvalue weighted by molar-refractivity contribution is 7.99. The van der Waals surface area contributed by atoms with Gasteiger partial charge in [0.2, 0.25) is 0 Å². The van der Waals surface area contributed by atoms with Crippen molar-refractivity contribution < 1.29 is 8.78 Å². The molecule has 1 saturated carbocycles. The Kier molecular flexibility index (Phi) is 3.88. The molecule has 5 heteroatoms. The lowest BCUT2D eigenvalue weighted by atomic mass is 9.98. The van der Waals surface area contributed by atoms with E-state index in [1.54, 1.807) is 7.05 Å². The molecule has 0 heterocycles. The summed E-state index contributed by atoms with van der Waals surface area (Å²) in [5, 5.41) is 12.4. The van der Waals surface area contributed by atoms with Gasteiger partial charge in [0.25, 0.3) is 0 Å². The van der Waals surface area contributed by atoms with E-state index in [-0.39, 0.29) is 0 Å². The Hall–Kier alpha value is -1.12. The molecule has 0 aliphatic heterocycles. The van der Waals surface area contributed by atoms with Crippen LogP contribution in [0.4, 0.5) is 8.78 Å². The minimum absolute atomic E-state index is 0.366. The molecule has 2 nitrogen and oxygen atoms in total. The van der Waals surface area contributed by atoms with E-state index < -0.39 is 17.2 Å². The molecule has 18 heavy (non-hydrogen) atoms. The minimum Gasteiger partial charge on any atom is -0.302 e. The third kappa shape index (κ3) is 2.65. The highest BCUT2D eigenvalue weighted by atomic mass is 32.2. The summed E-state index contributed by atoms with van der Waals surface area (Å²) in [7, 11) is 1.77. The number of thioether (sulfide) groups is 1. The van der Waals surface area contributed by atoms with Crippen LogP contribution in [0, 0.1) is 28.9 Å². The molecule has 2 rings (SSSR count). The van der Waals surface area contributed by atoms with Gasteiger partial charge in [0.15, 0.2) is 11.6 Å². The van der Waals surface area contributed by atoms with Crippen molar-refractivity contribution in [3.8, 4) is 6.07 Å². The van der Waals surface area contributed by atoms with Gasteiger partial charge >= 0.3 is 0 Å². The Balaban J connectivity index is 2.05. The van der Waals surface area contributed by atoms with Crippen molar-refractivity contribution in [1.82, 2.24) is 5.32 Å². The molecule has 1 aliphatic rings.